The minimum atomic E-state index is -0.407. The van der Waals surface area contributed by atoms with Gasteiger partial charge in [-0.1, -0.05) is 53.5 Å². The first kappa shape index (κ1) is 20.7. The molecule has 2 rings (SSSR count). The predicted octanol–water partition coefficient (Wildman–Crippen LogP) is 4.97. The minimum Gasteiger partial charge on any atom is -0.389 e. The van der Waals surface area contributed by atoms with Gasteiger partial charge < -0.3 is 10.6 Å². The Hall–Kier alpha value is -2.58. The van der Waals surface area contributed by atoms with Crippen molar-refractivity contribution in [2.45, 2.75) is 32.6 Å². The fraction of sp³-hybridized carbons (Fsp3) is 0.273. The summed E-state index contributed by atoms with van der Waals surface area (Å²) >= 11 is 3.41. The molecule has 5 heteroatoms. The first-order chi connectivity index (χ1) is 13.1. The third-order valence-electron chi connectivity index (χ3n) is 4.11. The Bertz CT molecular complexity index is 805. The molecule has 2 aromatic rings. The SMILES string of the molecule is CCCCc1ccc(NC(=O)/C(C#N)=C\NCCc2ccc(Br)cc2)cc1. The summed E-state index contributed by atoms with van der Waals surface area (Å²) in [5.41, 5.74) is 3.18. The number of hydrogen-bond acceptors (Lipinski definition) is 3. The molecule has 0 fully saturated rings. The number of carbonyl (C=O) groups is 1. The number of amides is 1. The summed E-state index contributed by atoms with van der Waals surface area (Å²) in [4.78, 5) is 12.3. The Morgan fingerprint density at radius 2 is 1.70 bits per heavy atom. The summed E-state index contributed by atoms with van der Waals surface area (Å²) in [7, 11) is 0. The Balaban J connectivity index is 1.84. The second-order valence-corrected chi connectivity index (χ2v) is 7.17. The summed E-state index contributed by atoms with van der Waals surface area (Å²) < 4.78 is 1.04. The maximum atomic E-state index is 12.3. The van der Waals surface area contributed by atoms with Crippen molar-refractivity contribution in [1.82, 2.24) is 5.32 Å². The van der Waals surface area contributed by atoms with Crippen LogP contribution in [0.25, 0.3) is 0 Å². The van der Waals surface area contributed by atoms with Crippen LogP contribution in [0.5, 0.6) is 0 Å². The van der Waals surface area contributed by atoms with Crippen LogP contribution in [0.1, 0.15) is 30.9 Å². The molecule has 0 saturated carbocycles. The first-order valence-electron chi connectivity index (χ1n) is 9.10. The van der Waals surface area contributed by atoms with E-state index >= 15 is 0 Å². The fourth-order valence-electron chi connectivity index (χ4n) is 2.52. The van der Waals surface area contributed by atoms with Crippen LogP contribution in [0.4, 0.5) is 5.69 Å². The van der Waals surface area contributed by atoms with Crippen molar-refractivity contribution in [2.24, 2.45) is 0 Å². The van der Waals surface area contributed by atoms with E-state index in [0.29, 0.717) is 12.2 Å². The quantitative estimate of drug-likeness (QED) is 0.338. The van der Waals surface area contributed by atoms with Gasteiger partial charge in [-0.2, -0.15) is 5.26 Å². The molecule has 0 spiro atoms. The number of unbranched alkanes of at least 4 members (excludes halogenated alkanes) is 1. The van der Waals surface area contributed by atoms with Crippen molar-refractivity contribution in [3.05, 3.63) is 75.9 Å². The number of aryl methyl sites for hydroxylation is 1. The van der Waals surface area contributed by atoms with E-state index in [1.807, 2.05) is 54.6 Å². The lowest BCUT2D eigenvalue weighted by Gasteiger charge is -2.07. The molecule has 0 aromatic heterocycles. The summed E-state index contributed by atoms with van der Waals surface area (Å²) in [5, 5.41) is 15.0. The average Bonchev–Trinajstić information content (AvgIpc) is 2.69. The van der Waals surface area contributed by atoms with E-state index < -0.39 is 5.91 Å². The van der Waals surface area contributed by atoms with Crippen molar-refractivity contribution < 1.29 is 4.79 Å². The molecule has 0 heterocycles. The smallest absolute Gasteiger partial charge is 0.267 e. The third-order valence-corrected chi connectivity index (χ3v) is 4.64. The van der Waals surface area contributed by atoms with Gasteiger partial charge in [-0.15, -0.1) is 0 Å². The first-order valence-corrected chi connectivity index (χ1v) is 9.90. The van der Waals surface area contributed by atoms with Crippen LogP contribution in [0.2, 0.25) is 0 Å². The standard InChI is InChI=1S/C22H24BrN3O/c1-2-3-4-17-7-11-21(12-8-17)26-22(27)19(15-24)16-25-14-13-18-5-9-20(23)10-6-18/h5-12,16,25H,2-4,13-14H2,1H3,(H,26,27)/b19-16-. The molecule has 2 aromatic carbocycles. The molecule has 2 N–H and O–H groups in total. The molecule has 0 aliphatic rings. The maximum Gasteiger partial charge on any atom is 0.267 e. The van der Waals surface area contributed by atoms with Gasteiger partial charge in [0.25, 0.3) is 5.91 Å². The highest BCUT2D eigenvalue weighted by molar-refractivity contribution is 9.10. The number of nitrogens with one attached hydrogen (secondary N) is 2. The number of carbonyl (C=O) groups excluding carboxylic acids is 1. The Labute approximate surface area is 169 Å². The van der Waals surface area contributed by atoms with Gasteiger partial charge in [-0.25, -0.2) is 0 Å². The van der Waals surface area contributed by atoms with Gasteiger partial charge in [0, 0.05) is 22.9 Å². The van der Waals surface area contributed by atoms with Crippen LogP contribution in [0, 0.1) is 11.3 Å². The van der Waals surface area contributed by atoms with Crippen LogP contribution in [0.15, 0.2) is 64.8 Å². The zero-order valence-electron chi connectivity index (χ0n) is 15.5. The van der Waals surface area contributed by atoms with Crippen molar-refractivity contribution in [3.8, 4) is 6.07 Å². The van der Waals surface area contributed by atoms with Gasteiger partial charge in [0.05, 0.1) is 0 Å². The van der Waals surface area contributed by atoms with Crippen molar-refractivity contribution in [2.75, 3.05) is 11.9 Å². The third kappa shape index (κ3) is 7.28. The number of anilines is 1. The van der Waals surface area contributed by atoms with Gasteiger partial charge in [0.2, 0.25) is 0 Å². The highest BCUT2D eigenvalue weighted by Crippen LogP contribution is 2.13. The Morgan fingerprint density at radius 3 is 2.33 bits per heavy atom. The van der Waals surface area contributed by atoms with E-state index in [-0.39, 0.29) is 5.57 Å². The zero-order valence-corrected chi connectivity index (χ0v) is 17.1. The molecule has 140 valence electrons. The Morgan fingerprint density at radius 1 is 1.07 bits per heavy atom. The number of hydrogen-bond donors (Lipinski definition) is 2. The minimum absolute atomic E-state index is 0.0564. The van der Waals surface area contributed by atoms with E-state index in [1.54, 1.807) is 0 Å². The van der Waals surface area contributed by atoms with Crippen LogP contribution in [-0.4, -0.2) is 12.5 Å². The molecular weight excluding hydrogens is 402 g/mol. The second-order valence-electron chi connectivity index (χ2n) is 6.26. The largest absolute Gasteiger partial charge is 0.389 e. The molecule has 4 nitrogen and oxygen atoms in total. The molecule has 0 bridgehead atoms. The lowest BCUT2D eigenvalue weighted by atomic mass is 10.1. The molecule has 0 aliphatic carbocycles. The van der Waals surface area contributed by atoms with E-state index in [2.05, 4.69) is 33.5 Å². The highest BCUT2D eigenvalue weighted by atomic mass is 79.9. The Kier molecular flexibility index (Phi) is 8.60. The summed E-state index contributed by atoms with van der Waals surface area (Å²) in [6.07, 6.45) is 5.63. The van der Waals surface area contributed by atoms with Crippen LogP contribution in [0.3, 0.4) is 0 Å². The number of halogens is 1. The summed E-state index contributed by atoms with van der Waals surface area (Å²) in [6.45, 7) is 2.81. The molecule has 1 amide bonds. The zero-order chi connectivity index (χ0) is 19.5. The van der Waals surface area contributed by atoms with Crippen LogP contribution >= 0.6 is 15.9 Å². The molecule has 0 aliphatic heterocycles. The lowest BCUT2D eigenvalue weighted by Crippen LogP contribution is -2.18. The summed E-state index contributed by atoms with van der Waals surface area (Å²) in [6, 6.07) is 17.8. The number of benzene rings is 2. The predicted molar refractivity (Wildman–Crippen MR) is 113 cm³/mol. The molecule has 0 saturated heterocycles. The molecule has 0 radical (unpaired) electrons. The van der Waals surface area contributed by atoms with E-state index in [4.69, 9.17) is 0 Å². The van der Waals surface area contributed by atoms with Gasteiger partial charge in [0.15, 0.2) is 0 Å². The van der Waals surface area contributed by atoms with Crippen LogP contribution < -0.4 is 10.6 Å². The number of nitriles is 1. The average molecular weight is 426 g/mol. The second kappa shape index (κ2) is 11.2. The fourth-order valence-corrected chi connectivity index (χ4v) is 2.79. The van der Waals surface area contributed by atoms with Gasteiger partial charge in [-0.3, -0.25) is 4.79 Å². The molecular formula is C22H24BrN3O. The molecule has 0 unspecified atom stereocenters. The van der Waals surface area contributed by atoms with Crippen molar-refractivity contribution >= 4 is 27.5 Å². The molecule has 27 heavy (non-hydrogen) atoms. The van der Waals surface area contributed by atoms with E-state index in [9.17, 15) is 10.1 Å². The van der Waals surface area contributed by atoms with Crippen molar-refractivity contribution in [3.63, 3.8) is 0 Å². The summed E-state index contributed by atoms with van der Waals surface area (Å²) in [5.74, 6) is -0.407. The lowest BCUT2D eigenvalue weighted by molar-refractivity contribution is -0.112. The van der Waals surface area contributed by atoms with E-state index in [1.165, 1.54) is 17.3 Å². The highest BCUT2D eigenvalue weighted by Gasteiger charge is 2.09. The molecule has 0 atom stereocenters. The van der Waals surface area contributed by atoms with Crippen LogP contribution in [-0.2, 0) is 17.6 Å². The monoisotopic (exact) mass is 425 g/mol. The maximum absolute atomic E-state index is 12.3. The van der Waals surface area contributed by atoms with Gasteiger partial charge >= 0.3 is 0 Å². The van der Waals surface area contributed by atoms with Gasteiger partial charge in [0.1, 0.15) is 11.6 Å². The van der Waals surface area contributed by atoms with E-state index in [0.717, 1.165) is 30.2 Å². The topological polar surface area (TPSA) is 64.9 Å². The van der Waals surface area contributed by atoms with Gasteiger partial charge in [-0.05, 0) is 54.7 Å². The number of nitrogens with zero attached hydrogens (tertiary/aromatic N) is 1. The number of rotatable bonds is 9. The normalized spacial score (nSPS) is 10.9. The van der Waals surface area contributed by atoms with Crippen molar-refractivity contribution in [1.29, 1.82) is 5.26 Å².